The molecule has 0 aliphatic heterocycles. The first-order chi connectivity index (χ1) is 18.2. The van der Waals surface area contributed by atoms with Crippen molar-refractivity contribution in [3.8, 4) is 17.1 Å². The number of hydrogen-bond acceptors (Lipinski definition) is 6. The van der Waals surface area contributed by atoms with E-state index in [9.17, 15) is 4.79 Å². The maximum atomic E-state index is 13.3. The first-order valence-electron chi connectivity index (χ1n) is 12.1. The predicted octanol–water partition coefficient (Wildman–Crippen LogP) is 5.88. The number of pyridine rings is 1. The zero-order valence-electron chi connectivity index (χ0n) is 20.2. The number of anilines is 1. The van der Waals surface area contributed by atoms with Crippen molar-refractivity contribution in [3.63, 3.8) is 0 Å². The van der Waals surface area contributed by atoms with E-state index in [2.05, 4.69) is 15.1 Å². The molecule has 0 N–H and O–H groups in total. The average molecular weight is 491 g/mol. The van der Waals surface area contributed by atoms with Crippen molar-refractivity contribution < 1.29 is 14.1 Å². The summed E-state index contributed by atoms with van der Waals surface area (Å²) in [6.45, 7) is 0.944. The first kappa shape index (κ1) is 23.9. The second-order valence-electron chi connectivity index (χ2n) is 8.49. The number of carbonyl (C=O) groups is 1. The topological polar surface area (TPSA) is 81.3 Å². The molecule has 0 bridgehead atoms. The number of carbonyl (C=O) groups excluding carboxylic acids is 1. The highest BCUT2D eigenvalue weighted by molar-refractivity contribution is 5.93. The fraction of sp³-hybridized carbons (Fsp3) is 0.133. The summed E-state index contributed by atoms with van der Waals surface area (Å²) in [6, 6.07) is 31.2. The molecule has 7 nitrogen and oxygen atoms in total. The lowest BCUT2D eigenvalue weighted by molar-refractivity contribution is -0.118. The van der Waals surface area contributed by atoms with Crippen LogP contribution in [-0.4, -0.2) is 21.0 Å². The Labute approximate surface area is 215 Å². The lowest BCUT2D eigenvalue weighted by atomic mass is 10.1. The summed E-state index contributed by atoms with van der Waals surface area (Å²) >= 11 is 0. The molecule has 37 heavy (non-hydrogen) atoms. The van der Waals surface area contributed by atoms with Gasteiger partial charge in [-0.25, -0.2) is 0 Å². The van der Waals surface area contributed by atoms with Crippen molar-refractivity contribution in [1.82, 2.24) is 15.1 Å². The minimum atomic E-state index is -0.0308. The Morgan fingerprint density at radius 2 is 1.59 bits per heavy atom. The van der Waals surface area contributed by atoms with E-state index >= 15 is 0 Å². The quantitative estimate of drug-likeness (QED) is 0.243. The van der Waals surface area contributed by atoms with E-state index in [1.54, 1.807) is 17.3 Å². The number of ether oxygens (including phenoxy) is 1. The summed E-state index contributed by atoms with van der Waals surface area (Å²) in [5.41, 5.74) is 3.71. The van der Waals surface area contributed by atoms with Gasteiger partial charge in [-0.2, -0.15) is 4.98 Å². The first-order valence-corrected chi connectivity index (χ1v) is 12.1. The van der Waals surface area contributed by atoms with Gasteiger partial charge in [0.15, 0.2) is 0 Å². The van der Waals surface area contributed by atoms with Crippen molar-refractivity contribution in [3.05, 3.63) is 126 Å². The molecule has 2 heterocycles. The van der Waals surface area contributed by atoms with Gasteiger partial charge in [0.2, 0.25) is 17.6 Å². The van der Waals surface area contributed by atoms with Crippen LogP contribution in [0.2, 0.25) is 0 Å². The third kappa shape index (κ3) is 6.46. The molecule has 0 spiro atoms. The third-order valence-electron chi connectivity index (χ3n) is 5.82. The lowest BCUT2D eigenvalue weighted by Crippen LogP contribution is -2.30. The highest BCUT2D eigenvalue weighted by atomic mass is 16.5. The van der Waals surface area contributed by atoms with Crippen LogP contribution in [0, 0.1) is 0 Å². The highest BCUT2D eigenvalue weighted by Gasteiger charge is 2.18. The van der Waals surface area contributed by atoms with Gasteiger partial charge in [-0.1, -0.05) is 65.8 Å². The van der Waals surface area contributed by atoms with Gasteiger partial charge in [-0.05, 0) is 47.5 Å². The predicted molar refractivity (Wildman–Crippen MR) is 141 cm³/mol. The van der Waals surface area contributed by atoms with Crippen LogP contribution in [0.3, 0.4) is 0 Å². The number of para-hydroxylation sites is 1. The Balaban J connectivity index is 1.23. The second kappa shape index (κ2) is 11.8. The molecule has 0 fully saturated rings. The van der Waals surface area contributed by atoms with Crippen molar-refractivity contribution >= 4 is 11.6 Å². The fourth-order valence-electron chi connectivity index (χ4n) is 3.86. The van der Waals surface area contributed by atoms with Crippen molar-refractivity contribution in [1.29, 1.82) is 0 Å². The summed E-state index contributed by atoms with van der Waals surface area (Å²) in [7, 11) is 0. The SMILES string of the molecule is O=C(CCc1nc(-c2cccnc2)no1)N(Cc1ccc(OCc2ccccc2)cc1)c1ccccc1. The van der Waals surface area contributed by atoms with Crippen LogP contribution in [0.1, 0.15) is 23.4 Å². The van der Waals surface area contributed by atoms with Gasteiger partial charge in [0.25, 0.3) is 0 Å². The van der Waals surface area contributed by atoms with E-state index in [1.807, 2.05) is 97.1 Å². The van der Waals surface area contributed by atoms with Gasteiger partial charge >= 0.3 is 0 Å². The Morgan fingerprint density at radius 3 is 2.32 bits per heavy atom. The van der Waals surface area contributed by atoms with E-state index in [1.165, 1.54) is 0 Å². The Kier molecular flexibility index (Phi) is 7.61. The van der Waals surface area contributed by atoms with Crippen LogP contribution in [-0.2, 0) is 24.4 Å². The summed E-state index contributed by atoms with van der Waals surface area (Å²) in [5.74, 6) is 1.63. The number of aryl methyl sites for hydroxylation is 1. The summed E-state index contributed by atoms with van der Waals surface area (Å²) in [5, 5.41) is 4.01. The number of benzene rings is 3. The number of amides is 1. The number of aromatic nitrogens is 3. The molecule has 5 aromatic rings. The molecule has 1 amide bonds. The molecule has 184 valence electrons. The normalized spacial score (nSPS) is 10.7. The smallest absolute Gasteiger partial charge is 0.227 e. The van der Waals surface area contributed by atoms with Gasteiger partial charge in [0, 0.05) is 36.5 Å². The van der Waals surface area contributed by atoms with Crippen molar-refractivity contribution in [2.24, 2.45) is 0 Å². The zero-order valence-corrected chi connectivity index (χ0v) is 20.2. The van der Waals surface area contributed by atoms with Gasteiger partial charge in [0.1, 0.15) is 12.4 Å². The van der Waals surface area contributed by atoms with Gasteiger partial charge < -0.3 is 14.2 Å². The molecule has 0 atom stereocenters. The molecular weight excluding hydrogens is 464 g/mol. The number of hydrogen-bond donors (Lipinski definition) is 0. The molecule has 0 saturated heterocycles. The summed E-state index contributed by atoms with van der Waals surface area (Å²) in [4.78, 5) is 23.6. The van der Waals surface area contributed by atoms with Crippen LogP contribution in [0.25, 0.3) is 11.4 Å². The van der Waals surface area contributed by atoms with Crippen molar-refractivity contribution in [2.75, 3.05) is 4.90 Å². The molecule has 7 heteroatoms. The molecule has 0 saturated carbocycles. The monoisotopic (exact) mass is 490 g/mol. The largest absolute Gasteiger partial charge is 0.489 e. The van der Waals surface area contributed by atoms with Crippen LogP contribution in [0.15, 0.2) is 114 Å². The molecule has 0 radical (unpaired) electrons. The zero-order chi connectivity index (χ0) is 25.3. The van der Waals surface area contributed by atoms with E-state index < -0.39 is 0 Å². The minimum Gasteiger partial charge on any atom is -0.489 e. The molecule has 3 aromatic carbocycles. The lowest BCUT2D eigenvalue weighted by Gasteiger charge is -2.23. The maximum absolute atomic E-state index is 13.3. The van der Waals surface area contributed by atoms with Crippen molar-refractivity contribution in [2.45, 2.75) is 26.0 Å². The second-order valence-corrected chi connectivity index (χ2v) is 8.49. The third-order valence-corrected chi connectivity index (χ3v) is 5.82. The van der Waals surface area contributed by atoms with Crippen LogP contribution < -0.4 is 9.64 Å². The van der Waals surface area contributed by atoms with Gasteiger partial charge in [-0.3, -0.25) is 9.78 Å². The van der Waals surface area contributed by atoms with Crippen LogP contribution >= 0.6 is 0 Å². The molecule has 0 unspecified atom stereocenters. The molecule has 5 rings (SSSR count). The van der Waals surface area contributed by atoms with E-state index in [0.29, 0.717) is 31.3 Å². The Hall–Kier alpha value is -4.78. The van der Waals surface area contributed by atoms with E-state index in [0.717, 1.165) is 28.1 Å². The molecule has 2 aromatic heterocycles. The Bertz CT molecular complexity index is 1410. The Morgan fingerprint density at radius 1 is 0.838 bits per heavy atom. The number of rotatable bonds is 10. The van der Waals surface area contributed by atoms with Crippen LogP contribution in [0.4, 0.5) is 5.69 Å². The summed E-state index contributed by atoms with van der Waals surface area (Å²) in [6.07, 6.45) is 3.95. The van der Waals surface area contributed by atoms with E-state index in [-0.39, 0.29) is 12.3 Å². The van der Waals surface area contributed by atoms with Gasteiger partial charge in [-0.15, -0.1) is 0 Å². The minimum absolute atomic E-state index is 0.0308. The molecular formula is C30H26N4O3. The maximum Gasteiger partial charge on any atom is 0.227 e. The average Bonchev–Trinajstić information content (AvgIpc) is 3.45. The van der Waals surface area contributed by atoms with Gasteiger partial charge in [0.05, 0.1) is 6.54 Å². The molecule has 0 aliphatic carbocycles. The van der Waals surface area contributed by atoms with Crippen LogP contribution in [0.5, 0.6) is 5.75 Å². The standard InChI is InChI=1S/C30H26N4O3/c35-29(18-17-28-32-30(33-37-28)25-10-7-19-31-20-25)34(26-11-5-2-6-12-26)21-23-13-15-27(16-14-23)36-22-24-8-3-1-4-9-24/h1-16,19-20H,17-18,21-22H2. The number of nitrogens with zero attached hydrogens (tertiary/aromatic N) is 4. The summed E-state index contributed by atoms with van der Waals surface area (Å²) < 4.78 is 11.3. The molecule has 0 aliphatic rings. The fourth-order valence-corrected chi connectivity index (χ4v) is 3.86. The highest BCUT2D eigenvalue weighted by Crippen LogP contribution is 2.21. The van der Waals surface area contributed by atoms with E-state index in [4.69, 9.17) is 9.26 Å².